The van der Waals surface area contributed by atoms with Crippen LogP contribution in [-0.2, 0) is 0 Å². The Morgan fingerprint density at radius 3 is 2.23 bits per heavy atom. The minimum atomic E-state index is -4.62. The van der Waals surface area contributed by atoms with Gasteiger partial charge in [0, 0.05) is 0 Å². The van der Waals surface area contributed by atoms with Crippen LogP contribution in [0.15, 0.2) is 36.4 Å². The Hall–Kier alpha value is -1.45. The number of fused-ring (bicyclic) bond motifs is 3. The Morgan fingerprint density at radius 2 is 1.57 bits per heavy atom. The van der Waals surface area contributed by atoms with E-state index in [1.165, 1.54) is 81.9 Å². The molecule has 6 unspecified atom stereocenters. The third-order valence-electron chi connectivity index (χ3n) is 8.03. The van der Waals surface area contributed by atoms with Gasteiger partial charge in [-0.3, -0.25) is 0 Å². The number of rotatable bonds is 5. The van der Waals surface area contributed by atoms with Gasteiger partial charge in [-0.25, -0.2) is 0 Å². The normalized spacial score (nSPS) is 34.4. The van der Waals surface area contributed by atoms with Gasteiger partial charge < -0.3 is 4.74 Å². The number of unbranched alkanes of at least 4 members (excludes halogenated alkanes) is 1. The van der Waals surface area contributed by atoms with E-state index in [1.807, 2.05) is 12.1 Å². The van der Waals surface area contributed by atoms with Crippen LogP contribution in [-0.4, -0.2) is 6.36 Å². The van der Waals surface area contributed by atoms with E-state index in [4.69, 9.17) is 0 Å². The van der Waals surface area contributed by atoms with Gasteiger partial charge in [-0.05, 0) is 111 Å². The number of ether oxygens (including phenoxy) is 1. The lowest BCUT2D eigenvalue weighted by Gasteiger charge is -2.50. The topological polar surface area (TPSA) is 9.23 Å². The van der Waals surface area contributed by atoms with Crippen LogP contribution < -0.4 is 4.74 Å². The lowest BCUT2D eigenvalue weighted by molar-refractivity contribution is -0.274. The molecule has 0 amide bonds. The molecule has 30 heavy (non-hydrogen) atoms. The molecule has 6 atom stereocenters. The number of alkyl halides is 3. The summed E-state index contributed by atoms with van der Waals surface area (Å²) in [6.45, 7) is 2.24. The van der Waals surface area contributed by atoms with Crippen molar-refractivity contribution in [2.45, 2.75) is 83.4 Å². The van der Waals surface area contributed by atoms with Gasteiger partial charge in [0.25, 0.3) is 0 Å². The summed E-state index contributed by atoms with van der Waals surface area (Å²) in [5.74, 6) is 4.63. The zero-order chi connectivity index (χ0) is 21.1. The number of benzene rings is 1. The molecule has 0 heterocycles. The maximum Gasteiger partial charge on any atom is 0.573 e. The van der Waals surface area contributed by atoms with Gasteiger partial charge in [-0.2, -0.15) is 0 Å². The number of halogens is 3. The molecule has 0 saturated heterocycles. The Bertz CT molecular complexity index is 708. The van der Waals surface area contributed by atoms with Crippen molar-refractivity contribution in [3.63, 3.8) is 0 Å². The van der Waals surface area contributed by atoms with Crippen LogP contribution in [0.5, 0.6) is 5.75 Å². The van der Waals surface area contributed by atoms with Crippen LogP contribution in [0.4, 0.5) is 13.2 Å². The second kappa shape index (κ2) is 9.36. The number of hydrogen-bond acceptors (Lipinski definition) is 1. The molecule has 3 fully saturated rings. The molecule has 0 aromatic heterocycles. The molecule has 3 aliphatic rings. The lowest BCUT2D eigenvalue weighted by atomic mass is 9.55. The third kappa shape index (κ3) is 5.23. The summed E-state index contributed by atoms with van der Waals surface area (Å²) >= 11 is 0. The molecular weight excluding hydrogens is 385 g/mol. The van der Waals surface area contributed by atoms with Gasteiger partial charge in [0.05, 0.1) is 0 Å². The highest BCUT2D eigenvalue weighted by atomic mass is 19.4. The van der Waals surface area contributed by atoms with Crippen LogP contribution >= 0.6 is 0 Å². The van der Waals surface area contributed by atoms with Crippen molar-refractivity contribution in [1.82, 2.24) is 0 Å². The Kier molecular flexibility index (Phi) is 6.79. The van der Waals surface area contributed by atoms with Crippen molar-refractivity contribution < 1.29 is 17.9 Å². The number of allylic oxidation sites excluding steroid dienone is 2. The quantitative estimate of drug-likeness (QED) is 0.436. The molecule has 0 aliphatic heterocycles. The molecule has 0 radical (unpaired) electrons. The van der Waals surface area contributed by atoms with Crippen molar-refractivity contribution >= 4 is 0 Å². The molecular formula is C26H35F3O. The van der Waals surface area contributed by atoms with E-state index in [9.17, 15) is 13.2 Å². The van der Waals surface area contributed by atoms with Crippen LogP contribution in [0, 0.1) is 29.6 Å². The van der Waals surface area contributed by atoms with Crippen LogP contribution in [0.2, 0.25) is 0 Å². The summed E-state index contributed by atoms with van der Waals surface area (Å²) in [6, 6.07) is 6.62. The second-order valence-corrected chi connectivity index (χ2v) is 9.84. The lowest BCUT2D eigenvalue weighted by Crippen LogP contribution is -2.41. The van der Waals surface area contributed by atoms with Crippen molar-refractivity contribution in [3.05, 3.63) is 42.0 Å². The minimum Gasteiger partial charge on any atom is -0.406 e. The predicted octanol–water partition coefficient (Wildman–Crippen LogP) is 8.27. The van der Waals surface area contributed by atoms with Crippen molar-refractivity contribution in [2.24, 2.45) is 29.6 Å². The summed E-state index contributed by atoms with van der Waals surface area (Å²) in [7, 11) is 0. The minimum absolute atomic E-state index is 0.120. The largest absolute Gasteiger partial charge is 0.573 e. The van der Waals surface area contributed by atoms with Gasteiger partial charge in [-0.1, -0.05) is 37.6 Å². The Morgan fingerprint density at radius 1 is 0.900 bits per heavy atom. The molecule has 1 aromatic rings. The first-order chi connectivity index (χ1) is 14.4. The maximum absolute atomic E-state index is 12.4. The fraction of sp³-hybridized carbons (Fsp3) is 0.692. The van der Waals surface area contributed by atoms with Gasteiger partial charge in [0.15, 0.2) is 0 Å². The van der Waals surface area contributed by atoms with Crippen molar-refractivity contribution in [1.29, 1.82) is 0 Å². The number of hydrogen-bond donors (Lipinski definition) is 0. The molecule has 0 N–H and O–H groups in total. The molecule has 3 saturated carbocycles. The first kappa shape index (κ1) is 21.8. The summed E-state index contributed by atoms with van der Waals surface area (Å²) in [6.07, 6.45) is 13.2. The van der Waals surface area contributed by atoms with E-state index >= 15 is 0 Å². The first-order valence-corrected chi connectivity index (χ1v) is 11.9. The maximum atomic E-state index is 12.4. The van der Waals surface area contributed by atoms with Gasteiger partial charge in [-0.15, -0.1) is 13.2 Å². The van der Waals surface area contributed by atoms with Crippen LogP contribution in [0.1, 0.15) is 82.6 Å². The summed E-state index contributed by atoms with van der Waals surface area (Å²) < 4.78 is 41.2. The van der Waals surface area contributed by atoms with Gasteiger partial charge in [0.2, 0.25) is 0 Å². The van der Waals surface area contributed by atoms with E-state index in [0.29, 0.717) is 5.92 Å². The average molecular weight is 421 g/mol. The third-order valence-corrected chi connectivity index (χ3v) is 8.03. The van der Waals surface area contributed by atoms with Crippen molar-refractivity contribution in [3.8, 4) is 5.75 Å². The fourth-order valence-corrected chi connectivity index (χ4v) is 6.71. The van der Waals surface area contributed by atoms with Gasteiger partial charge in [0.1, 0.15) is 5.75 Å². The standard InChI is InChI=1S/C26H35F3O/c1-2-3-4-5-18-6-14-24-21(16-18)7-8-22-17-20(11-15-25(22)24)19-9-12-23(13-10-19)30-26(27,28)29/h4-5,9-10,12-13,18,20-22,24-25H,2-3,6-8,11,14-17H2,1H3. The molecule has 3 aliphatic carbocycles. The monoisotopic (exact) mass is 420 g/mol. The highest BCUT2D eigenvalue weighted by molar-refractivity contribution is 5.30. The molecule has 4 rings (SSSR count). The van der Waals surface area contributed by atoms with E-state index in [0.717, 1.165) is 29.6 Å². The zero-order valence-corrected chi connectivity index (χ0v) is 18.0. The molecule has 0 spiro atoms. The first-order valence-electron chi connectivity index (χ1n) is 11.9. The Balaban J connectivity index is 1.33. The summed E-state index contributed by atoms with van der Waals surface area (Å²) in [4.78, 5) is 0. The van der Waals surface area contributed by atoms with E-state index < -0.39 is 6.36 Å². The molecule has 4 heteroatoms. The van der Waals surface area contributed by atoms with Gasteiger partial charge >= 0.3 is 6.36 Å². The van der Waals surface area contributed by atoms with Crippen molar-refractivity contribution in [2.75, 3.05) is 0 Å². The smallest absolute Gasteiger partial charge is 0.406 e. The zero-order valence-electron chi connectivity index (χ0n) is 18.0. The molecule has 0 bridgehead atoms. The Labute approximate surface area is 179 Å². The highest BCUT2D eigenvalue weighted by Gasteiger charge is 2.44. The SMILES string of the molecule is CCCC=CC1CCC2C(CCC3CC(c4ccc(OC(F)(F)F)cc4)CCC32)C1. The highest BCUT2D eigenvalue weighted by Crippen LogP contribution is 2.54. The van der Waals surface area contributed by atoms with E-state index in [2.05, 4.69) is 23.8 Å². The van der Waals surface area contributed by atoms with E-state index in [1.54, 1.807) is 0 Å². The fourth-order valence-electron chi connectivity index (χ4n) is 6.71. The van der Waals surface area contributed by atoms with Crippen LogP contribution in [0.25, 0.3) is 0 Å². The predicted molar refractivity (Wildman–Crippen MR) is 114 cm³/mol. The summed E-state index contributed by atoms with van der Waals surface area (Å²) in [5.41, 5.74) is 1.18. The molecule has 1 nitrogen and oxygen atoms in total. The van der Waals surface area contributed by atoms with Crippen LogP contribution in [0.3, 0.4) is 0 Å². The summed E-state index contributed by atoms with van der Waals surface area (Å²) in [5, 5.41) is 0. The molecule has 166 valence electrons. The molecule has 1 aromatic carbocycles. The second-order valence-electron chi connectivity index (χ2n) is 9.84. The average Bonchev–Trinajstić information content (AvgIpc) is 2.73. The van der Waals surface area contributed by atoms with E-state index in [-0.39, 0.29) is 5.75 Å².